The number of hydrogen-bond acceptors (Lipinski definition) is 2. The number of nitrogens with zero attached hydrogens (tertiary/aromatic N) is 2. The fraction of sp³-hybridized carbons (Fsp3) is 0.231. The van der Waals surface area contributed by atoms with Crippen LogP contribution in [0.25, 0.3) is 0 Å². The molecule has 0 radical (unpaired) electrons. The van der Waals surface area contributed by atoms with Crippen molar-refractivity contribution in [3.8, 4) is 0 Å². The smallest absolute Gasteiger partial charge is 0.248 e. The first-order chi connectivity index (χ1) is 8.58. The zero-order valence-electron chi connectivity index (χ0n) is 10.2. The van der Waals surface area contributed by atoms with Gasteiger partial charge in [-0.15, -0.1) is 0 Å². The van der Waals surface area contributed by atoms with Gasteiger partial charge in [0.05, 0.1) is 0 Å². The molecule has 0 fully saturated rings. The minimum atomic E-state index is -0.321. The summed E-state index contributed by atoms with van der Waals surface area (Å²) in [6.07, 6.45) is 3.45. The standard InChI is InChI=1S/C13H14IN3O/c1-9-8-11(14)4-5-12(9)16-13(18)10(2)17-7-3-6-15-17/h3-8,10H,1-2H3,(H,16,18). The maximum Gasteiger partial charge on any atom is 0.248 e. The van der Waals surface area contributed by atoms with E-state index < -0.39 is 0 Å². The zero-order chi connectivity index (χ0) is 13.1. The highest BCUT2D eigenvalue weighted by atomic mass is 127. The van der Waals surface area contributed by atoms with Gasteiger partial charge in [0.25, 0.3) is 0 Å². The van der Waals surface area contributed by atoms with E-state index in [1.807, 2.05) is 32.0 Å². The highest BCUT2D eigenvalue weighted by Crippen LogP contribution is 2.19. The summed E-state index contributed by atoms with van der Waals surface area (Å²) in [6, 6.07) is 7.42. The molecule has 2 aromatic rings. The number of benzene rings is 1. The van der Waals surface area contributed by atoms with Gasteiger partial charge in [-0.25, -0.2) is 0 Å². The van der Waals surface area contributed by atoms with E-state index in [0.29, 0.717) is 0 Å². The number of anilines is 1. The van der Waals surface area contributed by atoms with E-state index in [1.54, 1.807) is 23.1 Å². The summed E-state index contributed by atoms with van der Waals surface area (Å²) >= 11 is 2.25. The van der Waals surface area contributed by atoms with Crippen LogP contribution in [-0.4, -0.2) is 15.7 Å². The molecule has 2 rings (SSSR count). The molecule has 1 aromatic carbocycles. The Labute approximate surface area is 120 Å². The Bertz CT molecular complexity index is 551. The van der Waals surface area contributed by atoms with Gasteiger partial charge in [-0.05, 0) is 66.3 Å². The molecule has 0 bridgehead atoms. The monoisotopic (exact) mass is 355 g/mol. The summed E-state index contributed by atoms with van der Waals surface area (Å²) in [7, 11) is 0. The average Bonchev–Trinajstić information content (AvgIpc) is 2.85. The quantitative estimate of drug-likeness (QED) is 0.861. The molecule has 0 aliphatic heterocycles. The molecule has 1 unspecified atom stereocenters. The van der Waals surface area contributed by atoms with E-state index in [0.717, 1.165) is 14.8 Å². The molecular weight excluding hydrogens is 341 g/mol. The van der Waals surface area contributed by atoms with Crippen molar-refractivity contribution in [3.63, 3.8) is 0 Å². The van der Waals surface area contributed by atoms with Gasteiger partial charge >= 0.3 is 0 Å². The minimum absolute atomic E-state index is 0.0667. The average molecular weight is 355 g/mol. The van der Waals surface area contributed by atoms with Gasteiger partial charge in [-0.3, -0.25) is 9.48 Å². The molecule has 18 heavy (non-hydrogen) atoms. The first-order valence-electron chi connectivity index (χ1n) is 5.64. The molecule has 5 heteroatoms. The third-order valence-electron chi connectivity index (χ3n) is 2.75. The maximum atomic E-state index is 12.1. The van der Waals surface area contributed by atoms with Gasteiger partial charge in [0.1, 0.15) is 6.04 Å². The Morgan fingerprint density at radius 3 is 2.89 bits per heavy atom. The highest BCUT2D eigenvalue weighted by Gasteiger charge is 2.15. The number of amides is 1. The Hall–Kier alpha value is -1.37. The lowest BCUT2D eigenvalue weighted by molar-refractivity contribution is -0.119. The van der Waals surface area contributed by atoms with Crippen LogP contribution in [0.2, 0.25) is 0 Å². The molecular formula is C13H14IN3O. The van der Waals surface area contributed by atoms with E-state index in [4.69, 9.17) is 0 Å². The van der Waals surface area contributed by atoms with E-state index in [-0.39, 0.29) is 11.9 Å². The van der Waals surface area contributed by atoms with E-state index >= 15 is 0 Å². The van der Waals surface area contributed by atoms with Crippen molar-refractivity contribution in [2.45, 2.75) is 19.9 Å². The number of aromatic nitrogens is 2. The third-order valence-corrected chi connectivity index (χ3v) is 3.42. The summed E-state index contributed by atoms with van der Waals surface area (Å²) in [6.45, 7) is 3.81. The number of carbonyl (C=O) groups excluding carboxylic acids is 1. The third kappa shape index (κ3) is 2.90. The van der Waals surface area contributed by atoms with Gasteiger partial charge in [0.15, 0.2) is 0 Å². The lowest BCUT2D eigenvalue weighted by Gasteiger charge is -2.14. The number of carbonyl (C=O) groups is 1. The Morgan fingerprint density at radius 1 is 1.50 bits per heavy atom. The second kappa shape index (κ2) is 5.51. The van der Waals surface area contributed by atoms with Crippen molar-refractivity contribution < 1.29 is 4.79 Å². The molecule has 0 saturated carbocycles. The van der Waals surface area contributed by atoms with Crippen molar-refractivity contribution in [2.75, 3.05) is 5.32 Å². The zero-order valence-corrected chi connectivity index (χ0v) is 12.4. The van der Waals surface area contributed by atoms with E-state index in [1.165, 1.54) is 0 Å². The van der Waals surface area contributed by atoms with Gasteiger partial charge < -0.3 is 5.32 Å². The van der Waals surface area contributed by atoms with Crippen molar-refractivity contribution in [1.82, 2.24) is 9.78 Å². The van der Waals surface area contributed by atoms with Crippen LogP contribution >= 0.6 is 22.6 Å². The molecule has 1 amide bonds. The van der Waals surface area contributed by atoms with Crippen molar-refractivity contribution in [3.05, 3.63) is 45.8 Å². The largest absolute Gasteiger partial charge is 0.324 e. The van der Waals surface area contributed by atoms with Crippen LogP contribution in [0.1, 0.15) is 18.5 Å². The highest BCUT2D eigenvalue weighted by molar-refractivity contribution is 14.1. The lowest BCUT2D eigenvalue weighted by atomic mass is 10.2. The normalized spacial score (nSPS) is 12.2. The van der Waals surface area contributed by atoms with Crippen LogP contribution < -0.4 is 5.32 Å². The fourth-order valence-corrected chi connectivity index (χ4v) is 2.28. The molecule has 0 aliphatic rings. The van der Waals surface area contributed by atoms with Crippen LogP contribution in [0.3, 0.4) is 0 Å². The Balaban J connectivity index is 2.12. The second-order valence-corrected chi connectivity index (χ2v) is 5.36. The Morgan fingerprint density at radius 2 is 2.28 bits per heavy atom. The van der Waals surface area contributed by atoms with Crippen LogP contribution in [-0.2, 0) is 4.79 Å². The molecule has 1 atom stereocenters. The Kier molecular flexibility index (Phi) is 4.00. The van der Waals surface area contributed by atoms with Gasteiger partial charge in [0.2, 0.25) is 5.91 Å². The van der Waals surface area contributed by atoms with E-state index in [2.05, 4.69) is 33.0 Å². The van der Waals surface area contributed by atoms with Gasteiger partial charge in [-0.2, -0.15) is 5.10 Å². The fourth-order valence-electron chi connectivity index (χ4n) is 1.63. The molecule has 0 saturated heterocycles. The summed E-state index contributed by atoms with van der Waals surface area (Å²) in [5, 5.41) is 6.99. The van der Waals surface area contributed by atoms with Crippen LogP contribution in [0.5, 0.6) is 0 Å². The summed E-state index contributed by atoms with van der Waals surface area (Å²) in [4.78, 5) is 12.1. The van der Waals surface area contributed by atoms with Crippen molar-refractivity contribution in [2.24, 2.45) is 0 Å². The molecule has 0 aliphatic carbocycles. The molecule has 1 aromatic heterocycles. The summed E-state index contributed by atoms with van der Waals surface area (Å²) < 4.78 is 2.79. The SMILES string of the molecule is Cc1cc(I)ccc1NC(=O)C(C)n1cccn1. The maximum absolute atomic E-state index is 12.1. The number of nitrogens with one attached hydrogen (secondary N) is 1. The molecule has 94 valence electrons. The predicted molar refractivity (Wildman–Crippen MR) is 79.5 cm³/mol. The van der Waals surface area contributed by atoms with Crippen LogP contribution in [0, 0.1) is 10.5 Å². The van der Waals surface area contributed by atoms with Crippen molar-refractivity contribution in [1.29, 1.82) is 0 Å². The second-order valence-electron chi connectivity index (χ2n) is 4.11. The van der Waals surface area contributed by atoms with Gasteiger partial charge in [0, 0.05) is 21.7 Å². The number of hydrogen-bond donors (Lipinski definition) is 1. The number of aryl methyl sites for hydroxylation is 1. The predicted octanol–water partition coefficient (Wildman–Crippen LogP) is 3.00. The first kappa shape index (κ1) is 13.1. The molecule has 1 heterocycles. The molecule has 1 N–H and O–H groups in total. The topological polar surface area (TPSA) is 46.9 Å². The first-order valence-corrected chi connectivity index (χ1v) is 6.72. The van der Waals surface area contributed by atoms with Crippen molar-refractivity contribution >= 4 is 34.2 Å². The summed E-state index contributed by atoms with van der Waals surface area (Å²) in [5.74, 6) is -0.0667. The van der Waals surface area contributed by atoms with Crippen LogP contribution in [0.4, 0.5) is 5.69 Å². The molecule has 4 nitrogen and oxygen atoms in total. The van der Waals surface area contributed by atoms with E-state index in [9.17, 15) is 4.79 Å². The lowest BCUT2D eigenvalue weighted by Crippen LogP contribution is -2.24. The summed E-state index contributed by atoms with van der Waals surface area (Å²) in [5.41, 5.74) is 1.90. The minimum Gasteiger partial charge on any atom is -0.324 e. The number of halogens is 1. The molecule has 0 spiro atoms. The number of rotatable bonds is 3. The van der Waals surface area contributed by atoms with Crippen LogP contribution in [0.15, 0.2) is 36.7 Å². The van der Waals surface area contributed by atoms with Gasteiger partial charge in [-0.1, -0.05) is 0 Å².